The van der Waals surface area contributed by atoms with Gasteiger partial charge in [0.2, 0.25) is 0 Å². The number of hydrogen-bond acceptors (Lipinski definition) is 6. The number of nitrogens with zero attached hydrogens (tertiary/aromatic N) is 2. The van der Waals surface area contributed by atoms with Crippen LogP contribution in [0.1, 0.15) is 26.3 Å². The highest BCUT2D eigenvalue weighted by Crippen LogP contribution is 2.16. The van der Waals surface area contributed by atoms with Crippen molar-refractivity contribution in [2.75, 3.05) is 12.4 Å². The van der Waals surface area contributed by atoms with E-state index < -0.39 is 5.97 Å². The fourth-order valence-corrected chi connectivity index (χ4v) is 2.38. The fourth-order valence-electron chi connectivity index (χ4n) is 2.38. The first-order valence-corrected chi connectivity index (χ1v) is 8.24. The number of anilines is 2. The summed E-state index contributed by atoms with van der Waals surface area (Å²) in [4.78, 5) is 32.0. The van der Waals surface area contributed by atoms with Crippen molar-refractivity contribution in [3.05, 3.63) is 83.8 Å². The molecule has 27 heavy (non-hydrogen) atoms. The molecule has 0 saturated carbocycles. The summed E-state index contributed by atoms with van der Waals surface area (Å²) in [5, 5.41) is 5.95. The van der Waals surface area contributed by atoms with E-state index in [1.807, 2.05) is 12.1 Å². The van der Waals surface area contributed by atoms with Gasteiger partial charge in [0.15, 0.2) is 0 Å². The third-order valence-electron chi connectivity index (χ3n) is 3.78. The van der Waals surface area contributed by atoms with Crippen LogP contribution in [0.2, 0.25) is 0 Å². The van der Waals surface area contributed by atoms with Gasteiger partial charge in [0.25, 0.3) is 5.91 Å². The average molecular weight is 362 g/mol. The van der Waals surface area contributed by atoms with Crippen molar-refractivity contribution in [3.63, 3.8) is 0 Å². The van der Waals surface area contributed by atoms with Gasteiger partial charge in [0, 0.05) is 36.4 Å². The molecular weight excluding hydrogens is 344 g/mol. The van der Waals surface area contributed by atoms with Gasteiger partial charge in [-0.05, 0) is 48.0 Å². The Labute approximate surface area is 156 Å². The van der Waals surface area contributed by atoms with Crippen molar-refractivity contribution in [1.82, 2.24) is 15.3 Å². The van der Waals surface area contributed by atoms with Crippen molar-refractivity contribution in [3.8, 4) is 0 Å². The molecule has 0 saturated heterocycles. The van der Waals surface area contributed by atoms with Crippen molar-refractivity contribution >= 4 is 23.4 Å². The smallest absolute Gasteiger partial charge is 0.337 e. The number of esters is 1. The number of aromatic nitrogens is 2. The van der Waals surface area contributed by atoms with Crippen LogP contribution >= 0.6 is 0 Å². The summed E-state index contributed by atoms with van der Waals surface area (Å²) in [5.74, 6) is -0.0767. The molecule has 2 N–H and O–H groups in total. The lowest BCUT2D eigenvalue weighted by Crippen LogP contribution is -2.23. The van der Waals surface area contributed by atoms with Crippen molar-refractivity contribution in [1.29, 1.82) is 0 Å². The minimum absolute atomic E-state index is 0.203. The number of benzene rings is 1. The van der Waals surface area contributed by atoms with Crippen molar-refractivity contribution < 1.29 is 14.3 Å². The maximum atomic E-state index is 12.3. The zero-order chi connectivity index (χ0) is 19.1. The van der Waals surface area contributed by atoms with Gasteiger partial charge in [0.05, 0.1) is 12.7 Å². The molecule has 1 amide bonds. The summed E-state index contributed by atoms with van der Waals surface area (Å²) in [6.45, 7) is 0.396. The van der Waals surface area contributed by atoms with E-state index in [9.17, 15) is 9.59 Å². The Hall–Kier alpha value is -3.74. The topological polar surface area (TPSA) is 93.2 Å². The third kappa shape index (κ3) is 4.88. The predicted octanol–water partition coefficient (Wildman–Crippen LogP) is 2.94. The Morgan fingerprint density at radius 3 is 2.56 bits per heavy atom. The van der Waals surface area contributed by atoms with E-state index in [0.29, 0.717) is 23.5 Å². The maximum Gasteiger partial charge on any atom is 0.337 e. The first-order chi connectivity index (χ1) is 13.2. The van der Waals surface area contributed by atoms with Gasteiger partial charge in [-0.15, -0.1) is 0 Å². The maximum absolute atomic E-state index is 12.3. The van der Waals surface area contributed by atoms with Gasteiger partial charge in [-0.1, -0.05) is 6.07 Å². The van der Waals surface area contributed by atoms with E-state index in [1.165, 1.54) is 7.11 Å². The number of methoxy groups -OCH3 is 1. The molecule has 0 fully saturated rings. The van der Waals surface area contributed by atoms with Gasteiger partial charge < -0.3 is 15.4 Å². The molecule has 3 rings (SSSR count). The van der Waals surface area contributed by atoms with Gasteiger partial charge in [-0.25, -0.2) is 9.78 Å². The standard InChI is InChI=1S/C20H18N4O3/c1-27-20(26)15-4-6-17(7-5-15)24-18-11-16(8-10-22-18)19(25)23-13-14-3-2-9-21-12-14/h2-12H,13H2,1H3,(H,22,24)(H,23,25). The first-order valence-electron chi connectivity index (χ1n) is 8.24. The second-order valence-corrected chi connectivity index (χ2v) is 5.67. The van der Waals surface area contributed by atoms with Crippen molar-refractivity contribution in [2.24, 2.45) is 0 Å². The molecule has 7 nitrogen and oxygen atoms in total. The van der Waals surface area contributed by atoms with Gasteiger partial charge >= 0.3 is 5.97 Å². The number of pyridine rings is 2. The molecule has 2 heterocycles. The van der Waals surface area contributed by atoms with Crippen LogP contribution in [0.15, 0.2) is 67.1 Å². The molecule has 0 radical (unpaired) electrons. The molecular formula is C20H18N4O3. The molecule has 0 spiro atoms. The monoisotopic (exact) mass is 362 g/mol. The largest absolute Gasteiger partial charge is 0.465 e. The summed E-state index contributed by atoms with van der Waals surface area (Å²) in [6.07, 6.45) is 4.95. The molecule has 0 aliphatic carbocycles. The van der Waals surface area contributed by atoms with Crippen LogP contribution in [0.3, 0.4) is 0 Å². The summed E-state index contributed by atoms with van der Waals surface area (Å²) in [6, 6.07) is 13.8. The van der Waals surface area contributed by atoms with Crippen LogP contribution in [-0.4, -0.2) is 29.0 Å². The Bertz CT molecular complexity index is 927. The number of rotatable bonds is 6. The number of carbonyl (C=O) groups excluding carboxylic acids is 2. The minimum atomic E-state index is -0.396. The molecule has 2 aromatic heterocycles. The van der Waals surface area contributed by atoms with Crippen LogP contribution in [0.5, 0.6) is 0 Å². The number of ether oxygens (including phenoxy) is 1. The fraction of sp³-hybridized carbons (Fsp3) is 0.100. The average Bonchev–Trinajstić information content (AvgIpc) is 2.73. The Morgan fingerprint density at radius 2 is 1.85 bits per heavy atom. The van der Waals surface area contributed by atoms with Crippen LogP contribution in [-0.2, 0) is 11.3 Å². The van der Waals surface area contributed by atoms with Crippen LogP contribution in [0.25, 0.3) is 0 Å². The van der Waals surface area contributed by atoms with Crippen LogP contribution in [0, 0.1) is 0 Å². The van der Waals surface area contributed by atoms with E-state index in [2.05, 4.69) is 25.3 Å². The van der Waals surface area contributed by atoms with E-state index in [4.69, 9.17) is 0 Å². The molecule has 1 aromatic carbocycles. The Morgan fingerprint density at radius 1 is 1.04 bits per heavy atom. The molecule has 0 aliphatic heterocycles. The quantitative estimate of drug-likeness (QED) is 0.655. The summed E-state index contributed by atoms with van der Waals surface area (Å²) in [7, 11) is 1.34. The van der Waals surface area contributed by atoms with Crippen LogP contribution < -0.4 is 10.6 Å². The SMILES string of the molecule is COC(=O)c1ccc(Nc2cc(C(=O)NCc3cccnc3)ccn2)cc1. The summed E-state index contributed by atoms with van der Waals surface area (Å²) >= 11 is 0. The highest BCUT2D eigenvalue weighted by atomic mass is 16.5. The normalized spacial score (nSPS) is 10.1. The van der Waals surface area contributed by atoms with E-state index >= 15 is 0 Å². The lowest BCUT2D eigenvalue weighted by atomic mass is 10.2. The first kappa shape index (κ1) is 18.1. The van der Waals surface area contributed by atoms with Gasteiger partial charge in [-0.2, -0.15) is 0 Å². The Kier molecular flexibility index (Phi) is 5.73. The predicted molar refractivity (Wildman–Crippen MR) is 101 cm³/mol. The lowest BCUT2D eigenvalue weighted by molar-refractivity contribution is 0.0600. The van der Waals surface area contributed by atoms with Gasteiger partial charge in [0.1, 0.15) is 5.82 Å². The second-order valence-electron chi connectivity index (χ2n) is 5.67. The van der Waals surface area contributed by atoms with E-state index in [1.54, 1.807) is 55.0 Å². The van der Waals surface area contributed by atoms with E-state index in [-0.39, 0.29) is 5.91 Å². The molecule has 0 atom stereocenters. The number of amides is 1. The molecule has 0 aliphatic rings. The summed E-state index contributed by atoms with van der Waals surface area (Å²) in [5.41, 5.74) is 2.61. The summed E-state index contributed by atoms with van der Waals surface area (Å²) < 4.78 is 4.67. The zero-order valence-corrected chi connectivity index (χ0v) is 14.7. The molecule has 0 unspecified atom stereocenters. The number of nitrogens with one attached hydrogen (secondary N) is 2. The van der Waals surface area contributed by atoms with Gasteiger partial charge in [-0.3, -0.25) is 9.78 Å². The third-order valence-corrected chi connectivity index (χ3v) is 3.78. The molecule has 7 heteroatoms. The minimum Gasteiger partial charge on any atom is -0.465 e. The van der Waals surface area contributed by atoms with Crippen molar-refractivity contribution in [2.45, 2.75) is 6.54 Å². The molecule has 3 aromatic rings. The molecule has 136 valence electrons. The highest BCUT2D eigenvalue weighted by molar-refractivity contribution is 5.95. The molecule has 0 bridgehead atoms. The highest BCUT2D eigenvalue weighted by Gasteiger charge is 2.08. The number of hydrogen-bond donors (Lipinski definition) is 2. The number of carbonyl (C=O) groups is 2. The Balaban J connectivity index is 1.64. The zero-order valence-electron chi connectivity index (χ0n) is 14.7. The van der Waals surface area contributed by atoms with E-state index in [0.717, 1.165) is 11.3 Å². The second kappa shape index (κ2) is 8.57. The van der Waals surface area contributed by atoms with Crippen LogP contribution in [0.4, 0.5) is 11.5 Å². The lowest BCUT2D eigenvalue weighted by Gasteiger charge is -2.09.